The Morgan fingerprint density at radius 2 is 1.09 bits per heavy atom. The number of hydrogen-bond acceptors (Lipinski definition) is 4. The topological polar surface area (TPSA) is 106 Å². The van der Waals surface area contributed by atoms with Crippen LogP contribution in [0, 0.1) is 0 Å². The zero-order chi connectivity index (χ0) is 25.2. The van der Waals surface area contributed by atoms with E-state index in [0.29, 0.717) is 4.90 Å². The van der Waals surface area contributed by atoms with Crippen LogP contribution in [0.2, 0.25) is 34.5 Å². The first-order chi connectivity index (χ1) is 14.1. The molecule has 180 valence electrons. The molecule has 2 aromatic rings. The quantitative estimate of drug-likeness (QED) is 0.512. The fourth-order valence-corrected chi connectivity index (χ4v) is 10.2. The number of rotatable bonds is 5. The summed E-state index contributed by atoms with van der Waals surface area (Å²) in [4.78, 5) is 0.589. The Balaban J connectivity index is 0.000000330. The van der Waals surface area contributed by atoms with Gasteiger partial charge in [-0.15, -0.1) is 0 Å². The van der Waals surface area contributed by atoms with E-state index in [4.69, 9.17) is 5.14 Å². The summed E-state index contributed by atoms with van der Waals surface area (Å²) in [6.07, 6.45) is 0. The summed E-state index contributed by atoms with van der Waals surface area (Å²) < 4.78 is 51.7. The van der Waals surface area contributed by atoms with Crippen molar-refractivity contribution in [3.8, 4) is 0 Å². The van der Waals surface area contributed by atoms with E-state index in [2.05, 4.69) is 39.3 Å². The van der Waals surface area contributed by atoms with Crippen LogP contribution in [0.5, 0.6) is 0 Å². The molecule has 0 aromatic heterocycles. The van der Waals surface area contributed by atoms with Crippen LogP contribution in [0.15, 0.2) is 58.3 Å². The van der Waals surface area contributed by atoms with Crippen LogP contribution >= 0.6 is 0 Å². The predicted octanol–water partition coefficient (Wildman–Crippen LogP) is 3.19. The molecule has 0 heterocycles. The molecular weight excluding hydrogens is 566 g/mol. The van der Waals surface area contributed by atoms with Crippen molar-refractivity contribution < 1.29 is 16.8 Å². The van der Waals surface area contributed by atoms with Gasteiger partial charge in [-0.2, -0.15) is 0 Å². The SMILES string of the molecule is CC(C)(C)NS(=O)(=O)c1ccc[c]([Ge]([CH3])([CH3])[CH3])c1.[CH3][Ge]([CH3])([CH3])[c]1cccc(S(N)(=O)=O)c1. The van der Waals surface area contributed by atoms with Gasteiger partial charge in [-0.3, -0.25) is 0 Å². The number of hydrogen-bond donors (Lipinski definition) is 2. The van der Waals surface area contributed by atoms with Gasteiger partial charge in [0.2, 0.25) is 0 Å². The van der Waals surface area contributed by atoms with Gasteiger partial charge in [0.25, 0.3) is 0 Å². The van der Waals surface area contributed by atoms with E-state index in [1.807, 2.05) is 45.0 Å². The Labute approximate surface area is 200 Å². The van der Waals surface area contributed by atoms with Crippen molar-refractivity contribution in [3.63, 3.8) is 0 Å². The van der Waals surface area contributed by atoms with Gasteiger partial charge in [0.1, 0.15) is 0 Å². The fraction of sp³-hybridized carbons (Fsp3) is 0.455. The summed E-state index contributed by atoms with van der Waals surface area (Å²) in [5.41, 5.74) is -0.460. The molecule has 0 aliphatic carbocycles. The molecule has 0 fully saturated rings. The summed E-state index contributed by atoms with van der Waals surface area (Å²) in [7, 11) is -6.98. The number of nitrogens with one attached hydrogen (secondary N) is 1. The Hall–Kier alpha value is -0.654. The maximum atomic E-state index is 12.2. The molecule has 0 unspecified atom stereocenters. The van der Waals surface area contributed by atoms with Gasteiger partial charge in [-0.25, -0.2) is 0 Å². The molecule has 0 saturated heterocycles. The van der Waals surface area contributed by atoms with Crippen LogP contribution in [-0.2, 0) is 20.0 Å². The average Bonchev–Trinajstić information content (AvgIpc) is 2.58. The maximum absolute atomic E-state index is 12.2. The molecule has 2 rings (SSSR count). The van der Waals surface area contributed by atoms with Gasteiger partial charge in [0.05, 0.1) is 0 Å². The van der Waals surface area contributed by atoms with E-state index in [9.17, 15) is 16.8 Å². The third kappa shape index (κ3) is 9.68. The molecule has 32 heavy (non-hydrogen) atoms. The molecular formula is C22H38Ge2N2O4S2. The van der Waals surface area contributed by atoms with Gasteiger partial charge in [0.15, 0.2) is 0 Å². The Morgan fingerprint density at radius 1 is 0.719 bits per heavy atom. The number of sulfonamides is 2. The van der Waals surface area contributed by atoms with Crippen molar-refractivity contribution in [1.82, 2.24) is 4.72 Å². The zero-order valence-corrected chi connectivity index (χ0v) is 26.5. The van der Waals surface area contributed by atoms with Crippen LogP contribution in [0.3, 0.4) is 0 Å². The van der Waals surface area contributed by atoms with Gasteiger partial charge in [-0.1, -0.05) is 0 Å². The van der Waals surface area contributed by atoms with E-state index in [0.717, 1.165) is 4.40 Å². The van der Waals surface area contributed by atoms with E-state index in [1.54, 1.807) is 18.2 Å². The first kappa shape index (κ1) is 29.4. The van der Waals surface area contributed by atoms with Crippen LogP contribution in [0.1, 0.15) is 20.8 Å². The third-order valence-electron chi connectivity index (χ3n) is 4.48. The van der Waals surface area contributed by atoms with E-state index in [-0.39, 0.29) is 4.90 Å². The second kappa shape index (κ2) is 10.3. The summed E-state index contributed by atoms with van der Waals surface area (Å²) in [6, 6.07) is 14.3. The predicted molar refractivity (Wildman–Crippen MR) is 140 cm³/mol. The minimum absolute atomic E-state index is 0.218. The summed E-state index contributed by atoms with van der Waals surface area (Å²) in [5.74, 6) is 13.4. The monoisotopic (exact) mass is 606 g/mol. The molecule has 6 nitrogen and oxygen atoms in total. The molecule has 0 saturated carbocycles. The van der Waals surface area contributed by atoms with Gasteiger partial charge >= 0.3 is 201 Å². The molecule has 3 N–H and O–H groups in total. The minimum atomic E-state index is -3.56. The fourth-order valence-electron chi connectivity index (χ4n) is 2.73. The summed E-state index contributed by atoms with van der Waals surface area (Å²) in [6.45, 7) is 5.53. The van der Waals surface area contributed by atoms with Gasteiger partial charge in [-0.05, 0) is 0 Å². The molecule has 10 heteroatoms. The molecule has 0 aliphatic heterocycles. The first-order valence-corrected chi connectivity index (χ1v) is 28.1. The Kier molecular flexibility index (Phi) is 9.47. The second-order valence-electron chi connectivity index (χ2n) is 11.0. The molecule has 0 aliphatic rings. The van der Waals surface area contributed by atoms with E-state index in [1.165, 1.54) is 10.5 Å². The van der Waals surface area contributed by atoms with Crippen molar-refractivity contribution in [2.24, 2.45) is 5.14 Å². The second-order valence-corrected chi connectivity index (χ2v) is 35.5. The number of nitrogens with two attached hydrogens (primary N) is 1. The van der Waals surface area contributed by atoms with Crippen molar-refractivity contribution in [2.75, 3.05) is 0 Å². The molecule has 0 bridgehead atoms. The molecule has 0 atom stereocenters. The zero-order valence-electron chi connectivity index (χ0n) is 20.6. The van der Waals surface area contributed by atoms with Crippen molar-refractivity contribution >= 4 is 55.4 Å². The number of primary sulfonamides is 1. The summed E-state index contributed by atoms with van der Waals surface area (Å²) in [5, 5.41) is 5.06. The summed E-state index contributed by atoms with van der Waals surface area (Å²) >= 11 is -3.95. The van der Waals surface area contributed by atoms with Crippen molar-refractivity contribution in [1.29, 1.82) is 0 Å². The van der Waals surface area contributed by atoms with Crippen LogP contribution < -0.4 is 18.7 Å². The third-order valence-corrected chi connectivity index (χ3v) is 15.7. The van der Waals surface area contributed by atoms with Crippen LogP contribution in [-0.4, -0.2) is 48.9 Å². The standard InChI is InChI=1S/C13H23GeNO2S.C9H15GeNO2S/c1-13(2,3)15-18(16,17)12-9-7-8-11(10-12)14(4,5)6;1-10(2,3)8-5-4-6-9(7-8)14(11,12)13/h7-10,15H,1-6H3;4-7H,1-3H3,(H2,11,12,13). The molecule has 0 radical (unpaired) electrons. The number of benzene rings is 2. The first-order valence-electron chi connectivity index (χ1n) is 10.4. The van der Waals surface area contributed by atoms with Gasteiger partial charge in [0, 0.05) is 0 Å². The average molecular weight is 604 g/mol. The van der Waals surface area contributed by atoms with Gasteiger partial charge < -0.3 is 0 Å². The molecule has 2 aromatic carbocycles. The van der Waals surface area contributed by atoms with E-state index < -0.39 is 52.1 Å². The molecule has 0 spiro atoms. The van der Waals surface area contributed by atoms with Crippen molar-refractivity contribution in [2.45, 2.75) is 70.6 Å². The van der Waals surface area contributed by atoms with E-state index >= 15 is 0 Å². The van der Waals surface area contributed by atoms with Crippen LogP contribution in [0.25, 0.3) is 0 Å². The normalized spacial score (nSPS) is 13.3. The van der Waals surface area contributed by atoms with Crippen LogP contribution in [0.4, 0.5) is 0 Å². The Bertz CT molecular complexity index is 1140. The Morgan fingerprint density at radius 3 is 1.44 bits per heavy atom. The van der Waals surface area contributed by atoms with Crippen molar-refractivity contribution in [3.05, 3.63) is 48.5 Å². The molecule has 0 amide bonds.